The maximum atomic E-state index is 13.1. The number of carbonyl (C=O) groups is 4. The molecule has 0 radical (unpaired) electrons. The van der Waals surface area contributed by atoms with Crippen LogP contribution in [0.25, 0.3) is 11.5 Å². The average molecular weight is 531 g/mol. The predicted octanol–water partition coefficient (Wildman–Crippen LogP) is -0.0558. The van der Waals surface area contributed by atoms with Crippen LogP contribution in [0, 0.1) is 12.8 Å². The van der Waals surface area contributed by atoms with Gasteiger partial charge in [-0.25, -0.2) is 0 Å². The summed E-state index contributed by atoms with van der Waals surface area (Å²) in [5.41, 5.74) is 1.16. The minimum absolute atomic E-state index is 0.101. The number of rotatable bonds is 13. The van der Waals surface area contributed by atoms with Crippen molar-refractivity contribution >= 4 is 23.6 Å². The first kappa shape index (κ1) is 28.8. The molecule has 2 amide bonds. The summed E-state index contributed by atoms with van der Waals surface area (Å²) in [6, 6.07) is 2.99. The lowest BCUT2D eigenvalue weighted by atomic mass is 10.0. The molecule has 1 saturated heterocycles. The van der Waals surface area contributed by atoms with Crippen molar-refractivity contribution in [1.82, 2.24) is 20.8 Å². The summed E-state index contributed by atoms with van der Waals surface area (Å²) >= 11 is 0. The van der Waals surface area contributed by atoms with Crippen LogP contribution in [0.2, 0.25) is 0 Å². The SMILES string of the molecule is COc1ccc(-c2nc(C)no2)cc1CC(=O)N[C@H](C(=O)NC(CC(=O)O)C(=O)C[NH+]1CCCC1)C(C)C. The number of hydrogen-bond donors (Lipinski definition) is 4. The van der Waals surface area contributed by atoms with Gasteiger partial charge in [-0.1, -0.05) is 19.0 Å². The maximum absolute atomic E-state index is 13.1. The van der Waals surface area contributed by atoms with Gasteiger partial charge >= 0.3 is 5.97 Å². The van der Waals surface area contributed by atoms with Crippen molar-refractivity contribution in [3.05, 3.63) is 29.6 Å². The molecule has 4 N–H and O–H groups in total. The van der Waals surface area contributed by atoms with Crippen molar-refractivity contribution in [3.8, 4) is 17.2 Å². The molecule has 1 aliphatic heterocycles. The zero-order chi connectivity index (χ0) is 27.8. The van der Waals surface area contributed by atoms with Crippen molar-refractivity contribution in [2.24, 2.45) is 5.92 Å². The van der Waals surface area contributed by atoms with E-state index < -0.39 is 36.3 Å². The van der Waals surface area contributed by atoms with Crippen LogP contribution in [0.3, 0.4) is 0 Å². The number of benzene rings is 1. The molecule has 0 bridgehead atoms. The summed E-state index contributed by atoms with van der Waals surface area (Å²) in [5.74, 6) is -1.64. The molecule has 1 aliphatic rings. The molecule has 2 atom stereocenters. The topological polar surface area (TPSA) is 165 Å². The van der Waals surface area contributed by atoms with E-state index in [0.717, 1.165) is 30.8 Å². The van der Waals surface area contributed by atoms with Gasteiger partial charge in [0.1, 0.15) is 24.4 Å². The molecule has 12 nitrogen and oxygen atoms in total. The Balaban J connectivity index is 1.70. The number of carboxylic acids is 1. The number of carboxylic acid groups (broad SMARTS) is 1. The Bertz CT molecular complexity index is 1160. The van der Waals surface area contributed by atoms with Crippen LogP contribution in [0.1, 0.15) is 44.5 Å². The quantitative estimate of drug-likeness (QED) is 0.278. The summed E-state index contributed by atoms with van der Waals surface area (Å²) in [7, 11) is 1.49. The van der Waals surface area contributed by atoms with Gasteiger partial charge in [-0.3, -0.25) is 19.2 Å². The largest absolute Gasteiger partial charge is 0.496 e. The van der Waals surface area contributed by atoms with Gasteiger partial charge in [0.25, 0.3) is 5.89 Å². The summed E-state index contributed by atoms with van der Waals surface area (Å²) in [6.45, 7) is 7.07. The fourth-order valence-electron chi connectivity index (χ4n) is 4.50. The van der Waals surface area contributed by atoms with Crippen LogP contribution in [0.5, 0.6) is 5.75 Å². The van der Waals surface area contributed by atoms with Crippen molar-refractivity contribution < 1.29 is 38.4 Å². The fraction of sp³-hybridized carbons (Fsp3) is 0.538. The minimum Gasteiger partial charge on any atom is -0.496 e. The Morgan fingerprint density at radius 2 is 1.87 bits per heavy atom. The molecule has 2 aromatic rings. The Labute approximate surface area is 221 Å². The van der Waals surface area contributed by atoms with Crippen LogP contribution in [0.4, 0.5) is 0 Å². The number of ketones is 1. The zero-order valence-electron chi connectivity index (χ0n) is 22.2. The second kappa shape index (κ2) is 13.1. The number of carbonyl (C=O) groups excluding carboxylic acids is 3. The van der Waals surface area contributed by atoms with E-state index in [-0.39, 0.29) is 24.7 Å². The minimum atomic E-state index is -1.19. The van der Waals surface area contributed by atoms with Crippen molar-refractivity contribution in [2.75, 3.05) is 26.7 Å². The molecule has 1 unspecified atom stereocenters. The lowest BCUT2D eigenvalue weighted by Crippen LogP contribution is -3.11. The molecular formula is C26H36N5O7+. The van der Waals surface area contributed by atoms with Gasteiger partial charge < -0.3 is 29.9 Å². The highest BCUT2D eigenvalue weighted by Gasteiger charge is 2.32. The van der Waals surface area contributed by atoms with Gasteiger partial charge in [-0.15, -0.1) is 0 Å². The molecule has 38 heavy (non-hydrogen) atoms. The van der Waals surface area contributed by atoms with Crippen LogP contribution < -0.4 is 20.3 Å². The zero-order valence-corrected chi connectivity index (χ0v) is 22.2. The number of aliphatic carboxylic acids is 1. The number of nitrogens with zero attached hydrogens (tertiary/aromatic N) is 2. The van der Waals surface area contributed by atoms with Gasteiger partial charge in [0, 0.05) is 24.0 Å². The average Bonchev–Trinajstić information content (AvgIpc) is 3.53. The van der Waals surface area contributed by atoms with Gasteiger partial charge in [-0.2, -0.15) is 4.98 Å². The highest BCUT2D eigenvalue weighted by Crippen LogP contribution is 2.26. The Morgan fingerprint density at radius 3 is 2.45 bits per heavy atom. The number of aryl methyl sites for hydroxylation is 1. The third kappa shape index (κ3) is 7.85. The number of hydrogen-bond acceptors (Lipinski definition) is 8. The second-order valence-corrected chi connectivity index (χ2v) is 9.90. The summed E-state index contributed by atoms with van der Waals surface area (Å²) in [5, 5.41) is 18.4. The normalized spacial score (nSPS) is 15.2. The monoisotopic (exact) mass is 530 g/mol. The number of ether oxygens (including phenoxy) is 1. The lowest BCUT2D eigenvalue weighted by Gasteiger charge is -2.25. The summed E-state index contributed by atoms with van der Waals surface area (Å²) in [6.07, 6.45) is 1.41. The molecule has 0 spiro atoms. The number of nitrogens with one attached hydrogen (secondary N) is 3. The molecule has 1 fully saturated rings. The highest BCUT2D eigenvalue weighted by atomic mass is 16.5. The third-order valence-corrected chi connectivity index (χ3v) is 6.49. The van der Waals surface area contributed by atoms with Gasteiger partial charge in [0.15, 0.2) is 5.82 Å². The van der Waals surface area contributed by atoms with E-state index in [1.165, 1.54) is 7.11 Å². The fourth-order valence-corrected chi connectivity index (χ4v) is 4.50. The van der Waals surface area contributed by atoms with Crippen LogP contribution >= 0.6 is 0 Å². The van der Waals surface area contributed by atoms with Crippen LogP contribution in [-0.2, 0) is 25.6 Å². The molecule has 2 heterocycles. The molecule has 3 rings (SSSR count). The van der Waals surface area contributed by atoms with Crippen molar-refractivity contribution in [1.29, 1.82) is 0 Å². The molecular weight excluding hydrogens is 494 g/mol. The molecule has 1 aromatic carbocycles. The van der Waals surface area contributed by atoms with Gasteiger partial charge in [0.2, 0.25) is 17.6 Å². The van der Waals surface area contributed by atoms with E-state index in [2.05, 4.69) is 20.8 Å². The van der Waals surface area contributed by atoms with E-state index >= 15 is 0 Å². The molecule has 1 aromatic heterocycles. The van der Waals surface area contributed by atoms with Gasteiger partial charge in [0.05, 0.1) is 33.0 Å². The first-order chi connectivity index (χ1) is 18.1. The number of quaternary nitrogens is 1. The Hall–Kier alpha value is -3.80. The number of Topliss-reactive ketones (excluding diaryl/α,β-unsaturated/α-hetero) is 1. The number of amides is 2. The number of aromatic nitrogens is 2. The first-order valence-electron chi connectivity index (χ1n) is 12.7. The van der Waals surface area contributed by atoms with E-state index in [9.17, 15) is 24.3 Å². The molecule has 0 saturated carbocycles. The molecule has 206 valence electrons. The standard InChI is InChI=1S/C26H35N5O7/c1-15(2)24(25(36)28-19(13-23(34)35)20(32)14-31-9-5-6-10-31)29-22(33)12-18-11-17(7-8-21(18)37-4)26-27-16(3)30-38-26/h7-8,11,15,19,24H,5-6,9-10,12-14H2,1-4H3,(H,28,36)(H,29,33)(H,34,35)/p+1/t19?,24-/m0/s1. The highest BCUT2D eigenvalue weighted by molar-refractivity contribution is 5.95. The Kier molecular flexibility index (Phi) is 9.94. The van der Waals surface area contributed by atoms with E-state index in [1.807, 2.05) is 0 Å². The van der Waals surface area contributed by atoms with Crippen molar-refractivity contribution in [3.63, 3.8) is 0 Å². The van der Waals surface area contributed by atoms with Gasteiger partial charge in [-0.05, 0) is 31.0 Å². The third-order valence-electron chi connectivity index (χ3n) is 6.49. The van der Waals surface area contributed by atoms with Crippen LogP contribution in [-0.4, -0.2) is 77.6 Å². The molecule has 12 heteroatoms. The van der Waals surface area contributed by atoms with Crippen molar-refractivity contribution in [2.45, 2.75) is 58.5 Å². The smallest absolute Gasteiger partial charge is 0.305 e. The number of likely N-dealkylation sites (tertiary alicyclic amines) is 1. The van der Waals surface area contributed by atoms with E-state index in [0.29, 0.717) is 28.6 Å². The Morgan fingerprint density at radius 1 is 1.16 bits per heavy atom. The maximum Gasteiger partial charge on any atom is 0.305 e. The van der Waals surface area contributed by atoms with E-state index in [1.54, 1.807) is 39.0 Å². The summed E-state index contributed by atoms with van der Waals surface area (Å²) in [4.78, 5) is 55.7. The first-order valence-corrected chi connectivity index (χ1v) is 12.7. The lowest BCUT2D eigenvalue weighted by molar-refractivity contribution is -0.879. The summed E-state index contributed by atoms with van der Waals surface area (Å²) < 4.78 is 10.6. The predicted molar refractivity (Wildman–Crippen MR) is 135 cm³/mol. The van der Waals surface area contributed by atoms with E-state index in [4.69, 9.17) is 9.26 Å². The van der Waals surface area contributed by atoms with Crippen LogP contribution in [0.15, 0.2) is 22.7 Å². The molecule has 0 aliphatic carbocycles. The number of methoxy groups -OCH3 is 1. The second-order valence-electron chi connectivity index (χ2n) is 9.90.